The van der Waals surface area contributed by atoms with Crippen molar-refractivity contribution in [1.29, 1.82) is 0 Å². The second-order valence-electron chi connectivity index (χ2n) is 16.9. The highest BCUT2D eigenvalue weighted by atomic mass is 16.5. The molecule has 61 heavy (non-hydrogen) atoms. The van der Waals surface area contributed by atoms with E-state index in [1.807, 2.05) is 39.0 Å². The van der Waals surface area contributed by atoms with E-state index in [0.717, 1.165) is 30.5 Å². The van der Waals surface area contributed by atoms with E-state index in [0.29, 0.717) is 50.9 Å². The van der Waals surface area contributed by atoms with Crippen molar-refractivity contribution in [2.45, 2.75) is 136 Å². The molecule has 3 N–H and O–H groups in total. The molecule has 1 aromatic rings. The number of carbonyl (C=O) groups is 6. The zero-order chi connectivity index (χ0) is 45.3. The van der Waals surface area contributed by atoms with E-state index in [4.69, 9.17) is 9.47 Å². The number of hydrogen-bond donors (Lipinski definition) is 3. The van der Waals surface area contributed by atoms with Crippen LogP contribution in [0, 0.1) is 18.8 Å². The van der Waals surface area contributed by atoms with Crippen LogP contribution in [0.1, 0.15) is 104 Å². The van der Waals surface area contributed by atoms with Crippen molar-refractivity contribution in [3.63, 3.8) is 0 Å². The molecular weight excluding hydrogens is 779 g/mol. The summed E-state index contributed by atoms with van der Waals surface area (Å²) in [4.78, 5) is 88.6. The van der Waals surface area contributed by atoms with Gasteiger partial charge in [0, 0.05) is 71.0 Å². The number of methoxy groups -OCH3 is 2. The van der Waals surface area contributed by atoms with Gasteiger partial charge in [-0.05, 0) is 88.6 Å². The molecule has 3 rings (SSSR count). The molecular formula is C46H71N7O8. The number of ether oxygens (including phenoxy) is 2. The Balaban J connectivity index is 1.59. The number of aryl methyl sites for hydroxylation is 1. The number of nitrogens with one attached hydrogen (secondary N) is 3. The Kier molecular flexibility index (Phi) is 20.3. The van der Waals surface area contributed by atoms with Crippen LogP contribution in [0.3, 0.4) is 0 Å². The Morgan fingerprint density at radius 2 is 1.74 bits per heavy atom. The van der Waals surface area contributed by atoms with Crippen LogP contribution in [0.2, 0.25) is 0 Å². The minimum absolute atomic E-state index is 0.00692. The fourth-order valence-electron chi connectivity index (χ4n) is 8.17. The number of aromatic nitrogens is 1. The van der Waals surface area contributed by atoms with Gasteiger partial charge in [0.25, 0.3) is 0 Å². The van der Waals surface area contributed by atoms with E-state index in [1.165, 1.54) is 7.11 Å². The average Bonchev–Trinajstić information content (AvgIpc) is 3.84. The maximum absolute atomic E-state index is 14.2. The number of nitrogens with zero attached hydrogens (tertiary/aromatic N) is 4. The van der Waals surface area contributed by atoms with Gasteiger partial charge >= 0.3 is 0 Å². The van der Waals surface area contributed by atoms with Gasteiger partial charge in [-0.3, -0.25) is 33.8 Å². The van der Waals surface area contributed by atoms with Gasteiger partial charge in [0.05, 0.1) is 43.2 Å². The average molecular weight is 850 g/mol. The number of rotatable bonds is 22. The molecule has 0 aromatic carbocycles. The van der Waals surface area contributed by atoms with Crippen molar-refractivity contribution in [2.75, 3.05) is 46.2 Å². The Morgan fingerprint density at radius 3 is 2.38 bits per heavy atom. The molecule has 1 aromatic heterocycles. The van der Waals surface area contributed by atoms with Gasteiger partial charge in [-0.25, -0.2) is 0 Å². The summed E-state index contributed by atoms with van der Waals surface area (Å²) in [5.74, 6) is -2.14. The number of hydrogen-bond acceptors (Lipinski definition) is 9. The second kappa shape index (κ2) is 24.5. The van der Waals surface area contributed by atoms with Gasteiger partial charge in [0.1, 0.15) is 5.54 Å². The van der Waals surface area contributed by atoms with Gasteiger partial charge in [-0.15, -0.1) is 0 Å². The van der Waals surface area contributed by atoms with Gasteiger partial charge in [0.15, 0.2) is 0 Å². The Bertz CT molecular complexity index is 1740. The normalized spacial score (nSPS) is 17.8. The number of anilines is 1. The van der Waals surface area contributed by atoms with Crippen molar-refractivity contribution in [2.24, 2.45) is 11.8 Å². The molecule has 3 heterocycles. The molecule has 0 bridgehead atoms. The monoisotopic (exact) mass is 850 g/mol. The quantitative estimate of drug-likeness (QED) is 0.134. The van der Waals surface area contributed by atoms with Gasteiger partial charge in [-0.1, -0.05) is 46.3 Å². The summed E-state index contributed by atoms with van der Waals surface area (Å²) in [6, 6.07) is 8.26. The lowest BCUT2D eigenvalue weighted by molar-refractivity contribution is -0.145. The standard InChI is InChI=1S/C46H71N7O8/c1-11-32(3)42(51(8)41(57)30-48-45(59)46(6,7)50-38(54)21-13-12-14-26-52-33(4)22-23-39(52)55)37(60-9)29-40(56)53-27-17-20-36(53)43(61-10)34(5)44(58)49-35-19-16-25-47-24-15-18-31(2)28-35/h15-16,18-19,24-25,28,32,34,36-37,42-43H,4,11-14,17,20-23,26-27,29-30H2,1-3,5-10H3,(H,48,59)(H,49,58)(H,50,54)/t32-,34+,36-,37+,42-,43+/m0/s1. The second-order valence-corrected chi connectivity index (χ2v) is 16.9. The number of likely N-dealkylation sites (N-methyl/N-ethyl adjacent to an activating group) is 1. The molecule has 15 heteroatoms. The highest BCUT2D eigenvalue weighted by Gasteiger charge is 2.42. The molecule has 6 amide bonds. The summed E-state index contributed by atoms with van der Waals surface area (Å²) in [6.07, 6.45) is 7.70. The van der Waals surface area contributed by atoms with E-state index >= 15 is 0 Å². The highest BCUT2D eigenvalue weighted by Crippen LogP contribution is 2.30. The van der Waals surface area contributed by atoms with Crippen LogP contribution in [0.5, 0.6) is 0 Å². The minimum atomic E-state index is -1.27. The molecule has 0 unspecified atom stereocenters. The molecule has 0 aliphatic carbocycles. The van der Waals surface area contributed by atoms with Crippen LogP contribution >= 0.6 is 0 Å². The predicted octanol–water partition coefficient (Wildman–Crippen LogP) is 5.08. The van der Waals surface area contributed by atoms with Gasteiger partial charge in [-0.2, -0.15) is 0 Å². The van der Waals surface area contributed by atoms with Crippen LogP contribution in [0.25, 0.3) is 0 Å². The van der Waals surface area contributed by atoms with E-state index < -0.39 is 35.6 Å². The number of carbonyl (C=O) groups excluding carboxylic acids is 6. The molecule has 2 aliphatic rings. The summed E-state index contributed by atoms with van der Waals surface area (Å²) in [7, 11) is 4.73. The molecule has 0 saturated carbocycles. The number of allylic oxidation sites excluding steroid dienone is 1. The SMILES string of the molecule is C=C1CCC(=O)N1CCCCCC(=O)NC(C)(C)C(=O)NCC(=O)N(C)[C@@H]([C@@H](C)CC)[C@@H](CC(=O)N1CCC[C@H]1[C@H](OC)[C@@H](C)C(=O)Nc1cccncccc(C)c1)OC. The minimum Gasteiger partial charge on any atom is -0.379 e. The third-order valence-corrected chi connectivity index (χ3v) is 11.9. The molecule has 0 spiro atoms. The van der Waals surface area contributed by atoms with Crippen LogP contribution in [0.15, 0.2) is 55.0 Å². The molecule has 0 radical (unpaired) electrons. The van der Waals surface area contributed by atoms with Crippen molar-refractivity contribution in [1.82, 2.24) is 30.3 Å². The summed E-state index contributed by atoms with van der Waals surface area (Å²) < 4.78 is 11.9. The van der Waals surface area contributed by atoms with Gasteiger partial charge < -0.3 is 40.1 Å². The first-order valence-corrected chi connectivity index (χ1v) is 21.7. The highest BCUT2D eigenvalue weighted by molar-refractivity contribution is 5.94. The third kappa shape index (κ3) is 14.9. The first-order chi connectivity index (χ1) is 28.9. The number of amides is 6. The molecule has 15 nitrogen and oxygen atoms in total. The first-order valence-electron chi connectivity index (χ1n) is 21.7. The smallest absolute Gasteiger partial charge is 0.245 e. The lowest BCUT2D eigenvalue weighted by Gasteiger charge is -2.39. The summed E-state index contributed by atoms with van der Waals surface area (Å²) >= 11 is 0. The topological polar surface area (TPSA) is 180 Å². The number of likely N-dealkylation sites (tertiary alicyclic amines) is 2. The van der Waals surface area contributed by atoms with Crippen LogP contribution in [-0.4, -0.2) is 126 Å². The number of unbranched alkanes of at least 4 members (excludes halogenated alkanes) is 2. The zero-order valence-corrected chi connectivity index (χ0v) is 38.0. The van der Waals surface area contributed by atoms with E-state index in [9.17, 15) is 28.8 Å². The van der Waals surface area contributed by atoms with Crippen molar-refractivity contribution < 1.29 is 38.2 Å². The van der Waals surface area contributed by atoms with Crippen molar-refractivity contribution in [3.8, 4) is 0 Å². The van der Waals surface area contributed by atoms with Crippen molar-refractivity contribution >= 4 is 41.1 Å². The fraction of sp³-hybridized carbons (Fsp3) is 0.630. The fourth-order valence-corrected chi connectivity index (χ4v) is 8.17. The predicted molar refractivity (Wildman–Crippen MR) is 235 cm³/mol. The van der Waals surface area contributed by atoms with Crippen LogP contribution in [0.4, 0.5) is 5.69 Å². The van der Waals surface area contributed by atoms with E-state index in [1.54, 1.807) is 74.2 Å². The summed E-state index contributed by atoms with van der Waals surface area (Å²) in [6.45, 7) is 15.6. The maximum Gasteiger partial charge on any atom is 0.245 e. The largest absolute Gasteiger partial charge is 0.379 e. The lowest BCUT2D eigenvalue weighted by Crippen LogP contribution is -2.57. The van der Waals surface area contributed by atoms with Crippen molar-refractivity contribution in [3.05, 3.63) is 60.6 Å². The zero-order valence-electron chi connectivity index (χ0n) is 38.0. The third-order valence-electron chi connectivity index (χ3n) is 11.9. The molecule has 2 fully saturated rings. The van der Waals surface area contributed by atoms with Crippen LogP contribution < -0.4 is 16.0 Å². The van der Waals surface area contributed by atoms with Gasteiger partial charge in [0.2, 0.25) is 35.4 Å². The molecule has 2 aliphatic heterocycles. The first kappa shape index (κ1) is 50.5. The molecule has 2 saturated heterocycles. The lowest BCUT2D eigenvalue weighted by atomic mass is 9.90. The Hall–Kier alpha value is -4.89. The Labute approximate surface area is 363 Å². The summed E-state index contributed by atoms with van der Waals surface area (Å²) in [5, 5.41) is 8.48. The van der Waals surface area contributed by atoms with E-state index in [2.05, 4.69) is 27.5 Å². The summed E-state index contributed by atoms with van der Waals surface area (Å²) in [5.41, 5.74) is 1.10. The van der Waals surface area contributed by atoms with Crippen LogP contribution in [-0.2, 0) is 38.2 Å². The van der Waals surface area contributed by atoms with E-state index in [-0.39, 0.29) is 60.9 Å². The maximum atomic E-state index is 14.2. The molecule has 338 valence electrons. The molecule has 6 atom stereocenters. The Morgan fingerprint density at radius 1 is 1.03 bits per heavy atom.